The molecular weight excluding hydrogens is 402 g/mol. The molecule has 172 valence electrons. The maximum absolute atomic E-state index is 13.0. The number of rotatable bonds is 9. The fraction of sp³-hybridized carbons (Fsp3) is 0.560. The minimum atomic E-state index is -0.107. The molecule has 1 saturated heterocycles. The van der Waals surface area contributed by atoms with Crippen molar-refractivity contribution in [2.24, 2.45) is 0 Å². The van der Waals surface area contributed by atoms with Crippen LogP contribution < -0.4 is 4.90 Å². The topological polar surface area (TPSA) is 61.7 Å². The number of carbonyl (C=O) groups is 2. The predicted molar refractivity (Wildman–Crippen MR) is 126 cm³/mol. The smallest absolute Gasteiger partial charge is 0.263 e. The summed E-state index contributed by atoms with van der Waals surface area (Å²) in [5.41, 5.74) is 3.15. The molecule has 0 atom stereocenters. The highest BCUT2D eigenvalue weighted by Gasteiger charge is 2.40. The van der Waals surface area contributed by atoms with Gasteiger partial charge in [-0.05, 0) is 51.8 Å². The maximum atomic E-state index is 13.0. The van der Waals surface area contributed by atoms with Gasteiger partial charge in [0.05, 0.1) is 11.1 Å². The van der Waals surface area contributed by atoms with Crippen LogP contribution in [-0.2, 0) is 6.54 Å². The van der Waals surface area contributed by atoms with Crippen LogP contribution in [0.1, 0.15) is 64.7 Å². The maximum Gasteiger partial charge on any atom is 0.263 e. The molecular formula is C25H35N5O2. The van der Waals surface area contributed by atoms with E-state index in [1.807, 2.05) is 32.2 Å². The molecule has 2 aliphatic rings. The Bertz CT molecular complexity index is 921. The van der Waals surface area contributed by atoms with E-state index in [0.717, 1.165) is 82.2 Å². The first-order valence-electron chi connectivity index (χ1n) is 12.0. The lowest BCUT2D eigenvalue weighted by molar-refractivity contribution is 0.0648. The molecule has 0 unspecified atom stereocenters. The number of imide groups is 1. The van der Waals surface area contributed by atoms with Crippen molar-refractivity contribution >= 4 is 17.6 Å². The molecule has 1 fully saturated rings. The SMILES string of the molecule is CCCCn1c(C)c2c(c1C)C(=O)N(CCCCN1CCN(c3ccccn3)CC1)C2=O. The quantitative estimate of drug-likeness (QED) is 0.444. The third-order valence-corrected chi connectivity index (χ3v) is 6.89. The molecule has 0 radical (unpaired) electrons. The normalized spacial score (nSPS) is 16.8. The van der Waals surface area contributed by atoms with Crippen molar-refractivity contribution in [3.8, 4) is 0 Å². The van der Waals surface area contributed by atoms with Crippen molar-refractivity contribution in [3.05, 3.63) is 46.9 Å². The molecule has 4 rings (SSSR count). The highest BCUT2D eigenvalue weighted by atomic mass is 16.2. The van der Waals surface area contributed by atoms with E-state index >= 15 is 0 Å². The Morgan fingerprint density at radius 1 is 0.844 bits per heavy atom. The lowest BCUT2D eigenvalue weighted by atomic mass is 10.1. The molecule has 0 aromatic carbocycles. The third kappa shape index (κ3) is 4.31. The summed E-state index contributed by atoms with van der Waals surface area (Å²) in [6, 6.07) is 6.04. The van der Waals surface area contributed by atoms with E-state index in [9.17, 15) is 9.59 Å². The lowest BCUT2D eigenvalue weighted by Gasteiger charge is -2.35. The Kier molecular flexibility index (Phi) is 6.94. The number of hydrogen-bond acceptors (Lipinski definition) is 5. The van der Waals surface area contributed by atoms with Crippen molar-refractivity contribution in [3.63, 3.8) is 0 Å². The molecule has 0 spiro atoms. The average molecular weight is 438 g/mol. The number of piperazine rings is 1. The summed E-state index contributed by atoms with van der Waals surface area (Å²) in [5.74, 6) is 0.834. The molecule has 7 nitrogen and oxygen atoms in total. The van der Waals surface area contributed by atoms with E-state index < -0.39 is 0 Å². The lowest BCUT2D eigenvalue weighted by Crippen LogP contribution is -2.47. The minimum Gasteiger partial charge on any atom is -0.354 e. The number of fused-ring (bicyclic) bond motifs is 1. The van der Waals surface area contributed by atoms with E-state index in [-0.39, 0.29) is 11.8 Å². The number of amides is 2. The summed E-state index contributed by atoms with van der Waals surface area (Å²) in [7, 11) is 0. The van der Waals surface area contributed by atoms with Gasteiger partial charge in [0.25, 0.3) is 11.8 Å². The minimum absolute atomic E-state index is 0.107. The van der Waals surface area contributed by atoms with Crippen LogP contribution in [0.4, 0.5) is 5.82 Å². The van der Waals surface area contributed by atoms with E-state index in [1.165, 1.54) is 4.90 Å². The van der Waals surface area contributed by atoms with Gasteiger partial charge in [0.1, 0.15) is 5.82 Å². The summed E-state index contributed by atoms with van der Waals surface area (Å²) < 4.78 is 2.14. The van der Waals surface area contributed by atoms with Crippen LogP contribution in [0, 0.1) is 13.8 Å². The Balaban J connectivity index is 1.25. The molecule has 0 N–H and O–H groups in total. The molecule has 2 amide bonds. The van der Waals surface area contributed by atoms with Gasteiger partial charge in [-0.1, -0.05) is 19.4 Å². The van der Waals surface area contributed by atoms with Crippen LogP contribution in [0.3, 0.4) is 0 Å². The molecule has 0 saturated carbocycles. The van der Waals surface area contributed by atoms with Crippen molar-refractivity contribution in [2.45, 2.75) is 53.0 Å². The Hall–Kier alpha value is -2.67. The first kappa shape index (κ1) is 22.5. The highest BCUT2D eigenvalue weighted by molar-refractivity contribution is 6.22. The molecule has 0 aliphatic carbocycles. The second-order valence-electron chi connectivity index (χ2n) is 8.91. The average Bonchev–Trinajstić information content (AvgIpc) is 3.22. The van der Waals surface area contributed by atoms with Crippen molar-refractivity contribution < 1.29 is 9.59 Å². The van der Waals surface area contributed by atoms with Gasteiger partial charge in [-0.25, -0.2) is 4.98 Å². The van der Waals surface area contributed by atoms with Gasteiger partial charge in [0, 0.05) is 56.9 Å². The number of nitrogens with zero attached hydrogens (tertiary/aromatic N) is 5. The van der Waals surface area contributed by atoms with Gasteiger partial charge in [0.2, 0.25) is 0 Å². The van der Waals surface area contributed by atoms with Crippen LogP contribution >= 0.6 is 0 Å². The highest BCUT2D eigenvalue weighted by Crippen LogP contribution is 2.31. The third-order valence-electron chi connectivity index (χ3n) is 6.89. The first-order chi connectivity index (χ1) is 15.5. The number of anilines is 1. The van der Waals surface area contributed by atoms with Crippen LogP contribution in [0.15, 0.2) is 24.4 Å². The predicted octanol–water partition coefficient (Wildman–Crippen LogP) is 3.50. The Morgan fingerprint density at radius 2 is 1.50 bits per heavy atom. The number of hydrogen-bond donors (Lipinski definition) is 0. The molecule has 2 aromatic rings. The van der Waals surface area contributed by atoms with Crippen molar-refractivity contribution in [1.29, 1.82) is 0 Å². The number of aromatic nitrogens is 2. The summed E-state index contributed by atoms with van der Waals surface area (Å²) in [6.45, 7) is 12.5. The van der Waals surface area contributed by atoms with Gasteiger partial charge >= 0.3 is 0 Å². The van der Waals surface area contributed by atoms with E-state index in [4.69, 9.17) is 0 Å². The summed E-state index contributed by atoms with van der Waals surface area (Å²) >= 11 is 0. The van der Waals surface area contributed by atoms with Crippen LogP contribution in [-0.4, -0.2) is 70.4 Å². The van der Waals surface area contributed by atoms with Crippen molar-refractivity contribution in [2.75, 3.05) is 44.2 Å². The first-order valence-corrected chi connectivity index (χ1v) is 12.0. The summed E-state index contributed by atoms with van der Waals surface area (Å²) in [4.78, 5) is 36.7. The van der Waals surface area contributed by atoms with E-state index in [1.54, 1.807) is 0 Å². The number of pyridine rings is 1. The van der Waals surface area contributed by atoms with Crippen LogP contribution in [0.25, 0.3) is 0 Å². The van der Waals surface area contributed by atoms with Gasteiger partial charge in [-0.15, -0.1) is 0 Å². The second kappa shape index (κ2) is 9.86. The number of carbonyl (C=O) groups excluding carboxylic acids is 2. The zero-order valence-electron chi connectivity index (χ0n) is 19.6. The van der Waals surface area contributed by atoms with Crippen LogP contribution in [0.2, 0.25) is 0 Å². The largest absolute Gasteiger partial charge is 0.354 e. The molecule has 4 heterocycles. The van der Waals surface area contributed by atoms with Gasteiger partial charge in [0.15, 0.2) is 0 Å². The van der Waals surface area contributed by atoms with Gasteiger partial charge in [-0.3, -0.25) is 19.4 Å². The summed E-state index contributed by atoms with van der Waals surface area (Å²) in [6.07, 6.45) is 5.81. The number of unbranched alkanes of at least 4 members (excludes halogenated alkanes) is 2. The molecule has 7 heteroatoms. The Morgan fingerprint density at radius 3 is 2.09 bits per heavy atom. The Labute approximate surface area is 191 Å². The molecule has 0 bridgehead atoms. The molecule has 32 heavy (non-hydrogen) atoms. The second-order valence-corrected chi connectivity index (χ2v) is 8.91. The fourth-order valence-corrected chi connectivity index (χ4v) is 4.97. The van der Waals surface area contributed by atoms with Gasteiger partial charge < -0.3 is 9.47 Å². The monoisotopic (exact) mass is 437 g/mol. The van der Waals surface area contributed by atoms with Gasteiger partial charge in [-0.2, -0.15) is 0 Å². The standard InChI is InChI=1S/C25H35N5O2/c1-4-5-13-29-19(2)22-23(20(29)3)25(32)30(24(22)31)14-9-8-12-27-15-17-28(18-16-27)21-10-6-7-11-26-21/h6-7,10-11H,4-5,8-9,12-18H2,1-3H3. The fourth-order valence-electron chi connectivity index (χ4n) is 4.97. The van der Waals surface area contributed by atoms with Crippen LogP contribution in [0.5, 0.6) is 0 Å². The van der Waals surface area contributed by atoms with E-state index in [0.29, 0.717) is 17.7 Å². The van der Waals surface area contributed by atoms with E-state index in [2.05, 4.69) is 32.3 Å². The summed E-state index contributed by atoms with van der Waals surface area (Å²) in [5, 5.41) is 0. The van der Waals surface area contributed by atoms with Crippen molar-refractivity contribution in [1.82, 2.24) is 19.4 Å². The molecule has 2 aromatic heterocycles. The molecule has 2 aliphatic heterocycles. The zero-order valence-corrected chi connectivity index (χ0v) is 19.6. The zero-order chi connectivity index (χ0) is 22.7.